The molecule has 1 aliphatic carbocycles. The summed E-state index contributed by atoms with van der Waals surface area (Å²) in [7, 11) is -1.32. The SMILES string of the molecule is CCS(=O)(=O)N1CC2CCCC(O)(c3nccn3C)C2C1. The van der Waals surface area contributed by atoms with Crippen molar-refractivity contribution < 1.29 is 13.5 Å². The summed E-state index contributed by atoms with van der Waals surface area (Å²) in [6.07, 6.45) is 6.05. The van der Waals surface area contributed by atoms with Gasteiger partial charge in [-0.25, -0.2) is 17.7 Å². The maximum atomic E-state index is 12.1. The summed E-state index contributed by atoms with van der Waals surface area (Å²) in [5, 5.41) is 11.2. The Kier molecular flexibility index (Phi) is 3.62. The van der Waals surface area contributed by atoms with Crippen LogP contribution < -0.4 is 0 Å². The molecule has 2 aliphatic rings. The predicted molar refractivity (Wildman–Crippen MR) is 79.0 cm³/mol. The fourth-order valence-electron chi connectivity index (χ4n) is 3.95. The molecule has 0 radical (unpaired) electrons. The monoisotopic (exact) mass is 313 g/mol. The lowest BCUT2D eigenvalue weighted by Gasteiger charge is -2.40. The fraction of sp³-hybridized carbons (Fsp3) is 0.786. The Morgan fingerprint density at radius 2 is 2.24 bits per heavy atom. The third-order valence-corrected chi connectivity index (χ3v) is 6.93. The normalized spacial score (nSPS) is 34.0. The molecule has 3 rings (SSSR count). The average molecular weight is 313 g/mol. The molecular weight excluding hydrogens is 290 g/mol. The lowest BCUT2D eigenvalue weighted by molar-refractivity contribution is -0.0728. The minimum Gasteiger partial charge on any atom is -0.382 e. The molecule has 0 aromatic carbocycles. The molecule has 1 aliphatic heterocycles. The van der Waals surface area contributed by atoms with Gasteiger partial charge < -0.3 is 9.67 Å². The molecule has 3 atom stereocenters. The van der Waals surface area contributed by atoms with E-state index in [4.69, 9.17) is 0 Å². The highest BCUT2D eigenvalue weighted by Gasteiger charge is 2.53. The number of aliphatic hydroxyl groups is 1. The molecule has 7 heteroatoms. The zero-order valence-electron chi connectivity index (χ0n) is 12.6. The van der Waals surface area contributed by atoms with E-state index in [0.29, 0.717) is 25.3 Å². The largest absolute Gasteiger partial charge is 0.382 e. The molecule has 0 spiro atoms. The van der Waals surface area contributed by atoms with Crippen LogP contribution in [0.4, 0.5) is 0 Å². The summed E-state index contributed by atoms with van der Waals surface area (Å²) in [4.78, 5) is 4.32. The van der Waals surface area contributed by atoms with Gasteiger partial charge in [-0.3, -0.25) is 0 Å². The second-order valence-electron chi connectivity index (χ2n) is 6.26. The van der Waals surface area contributed by atoms with Crippen LogP contribution in [0.15, 0.2) is 12.4 Å². The summed E-state index contributed by atoms with van der Waals surface area (Å²) in [5.41, 5.74) is -1.01. The molecule has 1 saturated heterocycles. The van der Waals surface area contributed by atoms with Crippen molar-refractivity contribution in [2.45, 2.75) is 31.8 Å². The van der Waals surface area contributed by atoms with Crippen LogP contribution in [-0.2, 0) is 22.7 Å². The molecule has 1 saturated carbocycles. The van der Waals surface area contributed by atoms with Crippen molar-refractivity contribution in [3.63, 3.8) is 0 Å². The van der Waals surface area contributed by atoms with Crippen LogP contribution in [0.3, 0.4) is 0 Å². The number of aromatic nitrogens is 2. The number of imidazole rings is 1. The van der Waals surface area contributed by atoms with Gasteiger partial charge in [-0.1, -0.05) is 0 Å². The smallest absolute Gasteiger partial charge is 0.213 e. The summed E-state index contributed by atoms with van der Waals surface area (Å²) in [6.45, 7) is 2.61. The number of rotatable bonds is 3. The van der Waals surface area contributed by atoms with E-state index in [-0.39, 0.29) is 17.6 Å². The Morgan fingerprint density at radius 3 is 2.86 bits per heavy atom. The Morgan fingerprint density at radius 1 is 1.48 bits per heavy atom. The van der Waals surface area contributed by atoms with E-state index in [9.17, 15) is 13.5 Å². The van der Waals surface area contributed by atoms with Crippen molar-refractivity contribution >= 4 is 10.0 Å². The molecule has 0 amide bonds. The van der Waals surface area contributed by atoms with Gasteiger partial charge in [0.15, 0.2) is 0 Å². The molecule has 1 aromatic rings. The highest BCUT2D eigenvalue weighted by molar-refractivity contribution is 7.89. The van der Waals surface area contributed by atoms with Gasteiger partial charge >= 0.3 is 0 Å². The molecule has 6 nitrogen and oxygen atoms in total. The van der Waals surface area contributed by atoms with Crippen molar-refractivity contribution in [1.29, 1.82) is 0 Å². The first-order valence-corrected chi connectivity index (χ1v) is 9.17. The Labute approximate surface area is 125 Å². The fourth-order valence-corrected chi connectivity index (χ4v) is 5.13. The molecule has 0 bridgehead atoms. The lowest BCUT2D eigenvalue weighted by Crippen LogP contribution is -2.44. The summed E-state index contributed by atoms with van der Waals surface area (Å²) >= 11 is 0. The number of hydrogen-bond acceptors (Lipinski definition) is 4. The van der Waals surface area contributed by atoms with Crippen LogP contribution in [0.25, 0.3) is 0 Å². The summed E-state index contributed by atoms with van der Waals surface area (Å²) < 4.78 is 27.7. The molecule has 1 aromatic heterocycles. The van der Waals surface area contributed by atoms with Crippen LogP contribution in [0.5, 0.6) is 0 Å². The molecule has 2 fully saturated rings. The zero-order valence-corrected chi connectivity index (χ0v) is 13.4. The first-order valence-electron chi connectivity index (χ1n) is 7.56. The van der Waals surface area contributed by atoms with Gasteiger partial charge in [0.25, 0.3) is 0 Å². The Bertz CT molecular complexity index is 627. The topological polar surface area (TPSA) is 75.4 Å². The van der Waals surface area contributed by atoms with Gasteiger partial charge in [0, 0.05) is 38.4 Å². The van der Waals surface area contributed by atoms with E-state index in [1.807, 2.05) is 17.8 Å². The molecular formula is C14H23N3O3S. The van der Waals surface area contributed by atoms with Gasteiger partial charge in [-0.05, 0) is 32.1 Å². The summed E-state index contributed by atoms with van der Waals surface area (Å²) in [6, 6.07) is 0. The Hall–Kier alpha value is -0.920. The maximum absolute atomic E-state index is 12.1. The van der Waals surface area contributed by atoms with Crippen molar-refractivity contribution in [3.05, 3.63) is 18.2 Å². The minimum absolute atomic E-state index is 0.0614. The van der Waals surface area contributed by atoms with Crippen molar-refractivity contribution in [2.75, 3.05) is 18.8 Å². The minimum atomic E-state index is -3.19. The van der Waals surface area contributed by atoms with Crippen molar-refractivity contribution in [2.24, 2.45) is 18.9 Å². The van der Waals surface area contributed by atoms with Crippen molar-refractivity contribution in [1.82, 2.24) is 13.9 Å². The van der Waals surface area contributed by atoms with Gasteiger partial charge in [0.2, 0.25) is 10.0 Å². The molecule has 1 N–H and O–H groups in total. The number of fused-ring (bicyclic) bond motifs is 1. The van der Waals surface area contributed by atoms with Gasteiger partial charge in [0.1, 0.15) is 11.4 Å². The van der Waals surface area contributed by atoms with Crippen LogP contribution in [0.2, 0.25) is 0 Å². The zero-order chi connectivity index (χ0) is 15.3. The average Bonchev–Trinajstić information content (AvgIpc) is 3.06. The van der Waals surface area contributed by atoms with Gasteiger partial charge in [-0.2, -0.15) is 0 Å². The summed E-state index contributed by atoms with van der Waals surface area (Å²) in [5.74, 6) is 0.941. The van der Waals surface area contributed by atoms with Crippen LogP contribution >= 0.6 is 0 Å². The lowest BCUT2D eigenvalue weighted by atomic mass is 9.70. The van der Waals surface area contributed by atoms with E-state index in [2.05, 4.69) is 4.98 Å². The van der Waals surface area contributed by atoms with Gasteiger partial charge in [0.05, 0.1) is 5.75 Å². The van der Waals surface area contributed by atoms with Crippen molar-refractivity contribution in [3.8, 4) is 0 Å². The number of nitrogens with zero attached hydrogens (tertiary/aromatic N) is 3. The number of aryl methyl sites for hydroxylation is 1. The van der Waals surface area contributed by atoms with E-state index in [1.165, 1.54) is 0 Å². The second kappa shape index (κ2) is 5.07. The molecule has 118 valence electrons. The Balaban J connectivity index is 1.94. The van der Waals surface area contributed by atoms with Gasteiger partial charge in [-0.15, -0.1) is 0 Å². The first kappa shape index (κ1) is 15.0. The van der Waals surface area contributed by atoms with E-state index < -0.39 is 15.6 Å². The highest BCUT2D eigenvalue weighted by atomic mass is 32.2. The first-order chi connectivity index (χ1) is 9.88. The standard InChI is InChI=1S/C14H23N3O3S/c1-3-21(19,20)17-9-11-5-4-6-14(18,12(11)10-17)13-15-7-8-16(13)2/h7-8,11-12,18H,3-6,9-10H2,1-2H3. The molecule has 3 unspecified atom stereocenters. The van der Waals surface area contributed by atoms with E-state index in [0.717, 1.165) is 12.8 Å². The number of sulfonamides is 1. The highest BCUT2D eigenvalue weighted by Crippen LogP contribution is 2.48. The second-order valence-corrected chi connectivity index (χ2v) is 8.52. The van der Waals surface area contributed by atoms with E-state index >= 15 is 0 Å². The molecule has 21 heavy (non-hydrogen) atoms. The third kappa shape index (κ3) is 2.31. The van der Waals surface area contributed by atoms with Crippen LogP contribution in [0.1, 0.15) is 32.0 Å². The predicted octanol–water partition coefficient (Wildman–Crippen LogP) is 0.689. The maximum Gasteiger partial charge on any atom is 0.213 e. The van der Waals surface area contributed by atoms with E-state index in [1.54, 1.807) is 17.4 Å². The number of hydrogen-bond donors (Lipinski definition) is 1. The third-order valence-electron chi connectivity index (χ3n) is 5.12. The molecule has 2 heterocycles. The quantitative estimate of drug-likeness (QED) is 0.891. The van der Waals surface area contributed by atoms with Crippen LogP contribution in [0, 0.1) is 11.8 Å². The van der Waals surface area contributed by atoms with Crippen LogP contribution in [-0.4, -0.2) is 46.2 Å².